The highest BCUT2D eigenvalue weighted by molar-refractivity contribution is 6.74. The molecule has 4 nitrogen and oxygen atoms in total. The molecule has 3 unspecified atom stereocenters. The zero-order chi connectivity index (χ0) is 17.1. The van der Waals surface area contributed by atoms with Crippen LogP contribution in [0.3, 0.4) is 0 Å². The molecule has 1 saturated heterocycles. The minimum Gasteiger partial charge on any atom is -0.412 e. The van der Waals surface area contributed by atoms with Gasteiger partial charge in [-0.15, -0.1) is 0 Å². The molecule has 0 N–H and O–H groups in total. The highest BCUT2D eigenvalue weighted by Gasteiger charge is 2.58. The molecule has 128 valence electrons. The molecule has 5 heteroatoms. The standard InChI is InChI=1S/C17H32O4Si/c1-15(2,3)22(8,9)21-16(4,5)11-10-12(18)14-13(11)19-17(6,7)20-14/h11,13-14H,10H2,1-9H3. The first-order chi connectivity index (χ1) is 9.66. The number of hydrogen-bond acceptors (Lipinski definition) is 4. The largest absolute Gasteiger partial charge is 0.412 e. The summed E-state index contributed by atoms with van der Waals surface area (Å²) in [6.07, 6.45) is -0.142. The SMILES string of the molecule is CC1(C)OC2C(=O)CC(C(C)(C)O[Si](C)(C)C(C)(C)C)C2O1. The van der Waals surface area contributed by atoms with Crippen molar-refractivity contribution in [3.05, 3.63) is 0 Å². The summed E-state index contributed by atoms with van der Waals surface area (Å²) in [4.78, 5) is 12.3. The lowest BCUT2D eigenvalue weighted by Gasteiger charge is -2.46. The fraction of sp³-hybridized carbons (Fsp3) is 0.941. The quantitative estimate of drug-likeness (QED) is 0.737. The molecule has 1 saturated carbocycles. The second-order valence-corrected chi connectivity index (χ2v) is 14.0. The number of hydrogen-bond donors (Lipinski definition) is 0. The summed E-state index contributed by atoms with van der Waals surface area (Å²) in [5, 5.41) is 0.137. The zero-order valence-electron chi connectivity index (χ0n) is 15.6. The van der Waals surface area contributed by atoms with Gasteiger partial charge in [0.15, 0.2) is 19.9 Å². The average molecular weight is 329 g/mol. The Bertz CT molecular complexity index is 462. The van der Waals surface area contributed by atoms with Crippen LogP contribution in [0.4, 0.5) is 0 Å². The van der Waals surface area contributed by atoms with Gasteiger partial charge < -0.3 is 13.9 Å². The van der Waals surface area contributed by atoms with Crippen LogP contribution in [-0.4, -0.2) is 37.7 Å². The molecule has 0 aromatic rings. The van der Waals surface area contributed by atoms with Crippen molar-refractivity contribution in [2.75, 3.05) is 0 Å². The van der Waals surface area contributed by atoms with E-state index in [4.69, 9.17) is 13.9 Å². The Hall–Kier alpha value is -0.233. The Morgan fingerprint density at radius 2 is 1.68 bits per heavy atom. The summed E-state index contributed by atoms with van der Waals surface area (Å²) in [5.74, 6) is -0.495. The van der Waals surface area contributed by atoms with Gasteiger partial charge in [0, 0.05) is 12.3 Å². The van der Waals surface area contributed by atoms with Crippen molar-refractivity contribution in [1.29, 1.82) is 0 Å². The summed E-state index contributed by atoms with van der Waals surface area (Å²) in [6.45, 7) is 19.1. The van der Waals surface area contributed by atoms with Crippen LogP contribution in [0.2, 0.25) is 18.1 Å². The van der Waals surface area contributed by atoms with E-state index in [9.17, 15) is 4.79 Å². The van der Waals surface area contributed by atoms with E-state index < -0.39 is 25.8 Å². The van der Waals surface area contributed by atoms with Gasteiger partial charge in [0.1, 0.15) is 12.2 Å². The fourth-order valence-electron chi connectivity index (χ4n) is 3.31. The molecule has 1 aliphatic carbocycles. The third-order valence-electron chi connectivity index (χ3n) is 5.48. The normalized spacial score (nSPS) is 32.4. The van der Waals surface area contributed by atoms with E-state index in [2.05, 4.69) is 47.7 Å². The number of fused-ring (bicyclic) bond motifs is 1. The highest BCUT2D eigenvalue weighted by atomic mass is 28.4. The minimum atomic E-state index is -1.92. The maximum atomic E-state index is 12.3. The third kappa shape index (κ3) is 3.18. The van der Waals surface area contributed by atoms with Crippen LogP contribution in [0.1, 0.15) is 54.9 Å². The first-order valence-electron chi connectivity index (χ1n) is 8.25. The van der Waals surface area contributed by atoms with Crippen molar-refractivity contribution in [2.24, 2.45) is 5.92 Å². The van der Waals surface area contributed by atoms with Crippen LogP contribution in [0.25, 0.3) is 0 Å². The van der Waals surface area contributed by atoms with Gasteiger partial charge in [0.2, 0.25) is 0 Å². The number of ether oxygens (including phenoxy) is 2. The summed E-state index contributed by atoms with van der Waals surface area (Å²) >= 11 is 0. The van der Waals surface area contributed by atoms with Crippen molar-refractivity contribution in [2.45, 2.75) is 96.6 Å². The summed E-state index contributed by atoms with van der Waals surface area (Å²) < 4.78 is 18.5. The maximum Gasteiger partial charge on any atom is 0.192 e. The number of ketones is 1. The van der Waals surface area contributed by atoms with E-state index in [-0.39, 0.29) is 22.8 Å². The highest BCUT2D eigenvalue weighted by Crippen LogP contribution is 2.48. The van der Waals surface area contributed by atoms with Gasteiger partial charge in [-0.2, -0.15) is 0 Å². The zero-order valence-corrected chi connectivity index (χ0v) is 16.6. The number of carbonyl (C=O) groups excluding carboxylic acids is 1. The lowest BCUT2D eigenvalue weighted by atomic mass is 9.88. The molecular weight excluding hydrogens is 296 g/mol. The first kappa shape index (κ1) is 18.1. The van der Waals surface area contributed by atoms with Crippen molar-refractivity contribution in [3.8, 4) is 0 Å². The van der Waals surface area contributed by atoms with Crippen LogP contribution >= 0.6 is 0 Å². The molecule has 0 radical (unpaired) electrons. The van der Waals surface area contributed by atoms with Gasteiger partial charge in [-0.3, -0.25) is 4.79 Å². The third-order valence-corrected chi connectivity index (χ3v) is 10.1. The molecule has 2 aliphatic rings. The predicted molar refractivity (Wildman–Crippen MR) is 89.3 cm³/mol. The molecule has 1 aliphatic heterocycles. The second kappa shape index (κ2) is 5.13. The molecule has 0 spiro atoms. The molecule has 0 bridgehead atoms. The predicted octanol–water partition coefficient (Wildman–Crippen LogP) is 3.90. The van der Waals surface area contributed by atoms with E-state index in [0.717, 1.165) is 0 Å². The number of carbonyl (C=O) groups is 1. The molecule has 0 aromatic heterocycles. The molecule has 22 heavy (non-hydrogen) atoms. The Morgan fingerprint density at radius 1 is 1.14 bits per heavy atom. The van der Waals surface area contributed by atoms with Crippen molar-refractivity contribution in [1.82, 2.24) is 0 Å². The summed E-state index contributed by atoms with van der Waals surface area (Å²) in [6, 6.07) is 0. The Morgan fingerprint density at radius 3 is 2.18 bits per heavy atom. The van der Waals surface area contributed by atoms with Crippen LogP contribution in [0.5, 0.6) is 0 Å². The van der Waals surface area contributed by atoms with Crippen LogP contribution < -0.4 is 0 Å². The maximum absolute atomic E-state index is 12.3. The summed E-state index contributed by atoms with van der Waals surface area (Å²) in [7, 11) is -1.92. The van der Waals surface area contributed by atoms with E-state index >= 15 is 0 Å². The van der Waals surface area contributed by atoms with Gasteiger partial charge >= 0.3 is 0 Å². The Balaban J connectivity index is 2.22. The molecule has 1 heterocycles. The lowest BCUT2D eigenvalue weighted by Crippen LogP contribution is -2.52. The van der Waals surface area contributed by atoms with E-state index in [0.29, 0.717) is 6.42 Å². The average Bonchev–Trinajstić information content (AvgIpc) is 2.71. The van der Waals surface area contributed by atoms with E-state index in [1.807, 2.05) is 13.8 Å². The topological polar surface area (TPSA) is 44.8 Å². The van der Waals surface area contributed by atoms with E-state index in [1.165, 1.54) is 0 Å². The van der Waals surface area contributed by atoms with Crippen molar-refractivity contribution in [3.63, 3.8) is 0 Å². The van der Waals surface area contributed by atoms with Gasteiger partial charge in [0.05, 0.1) is 5.60 Å². The first-order valence-corrected chi connectivity index (χ1v) is 11.2. The van der Waals surface area contributed by atoms with Gasteiger partial charge in [-0.1, -0.05) is 20.8 Å². The van der Waals surface area contributed by atoms with Gasteiger partial charge in [-0.05, 0) is 45.8 Å². The molecule has 0 aromatic carbocycles. The molecular formula is C17H32O4Si. The van der Waals surface area contributed by atoms with Gasteiger partial charge in [0.25, 0.3) is 0 Å². The van der Waals surface area contributed by atoms with Crippen LogP contribution in [-0.2, 0) is 18.7 Å². The monoisotopic (exact) mass is 328 g/mol. The lowest BCUT2D eigenvalue weighted by molar-refractivity contribution is -0.169. The molecule has 0 amide bonds. The smallest absolute Gasteiger partial charge is 0.192 e. The number of rotatable bonds is 3. The second-order valence-electron chi connectivity index (χ2n) is 9.26. The minimum absolute atomic E-state index is 0.0425. The summed E-state index contributed by atoms with van der Waals surface area (Å²) in [5.41, 5.74) is -0.401. The van der Waals surface area contributed by atoms with Crippen LogP contribution in [0.15, 0.2) is 0 Å². The van der Waals surface area contributed by atoms with Crippen molar-refractivity contribution >= 4 is 14.1 Å². The molecule has 3 atom stereocenters. The Labute approximate surface area is 136 Å². The van der Waals surface area contributed by atoms with Crippen LogP contribution in [0, 0.1) is 5.92 Å². The molecule has 2 fully saturated rings. The van der Waals surface area contributed by atoms with Gasteiger partial charge in [-0.25, -0.2) is 0 Å². The number of Topliss-reactive ketones (excluding diaryl/α,β-unsaturated/α-hetero) is 1. The van der Waals surface area contributed by atoms with Crippen molar-refractivity contribution < 1.29 is 18.7 Å². The fourth-order valence-corrected chi connectivity index (χ4v) is 5.08. The Kier molecular flexibility index (Phi) is 4.22. The van der Waals surface area contributed by atoms with E-state index in [1.54, 1.807) is 0 Å². The molecule has 2 rings (SSSR count).